The molecule has 0 heterocycles. The zero-order valence-electron chi connectivity index (χ0n) is 8.16. The summed E-state index contributed by atoms with van der Waals surface area (Å²) in [5, 5.41) is 3.06. The Morgan fingerprint density at radius 1 is 1.43 bits per heavy atom. The first-order chi connectivity index (χ1) is 6.57. The molecule has 3 nitrogen and oxygen atoms in total. The van der Waals surface area contributed by atoms with Gasteiger partial charge in [0.2, 0.25) is 0 Å². The molecule has 0 fully saturated rings. The first kappa shape index (κ1) is 10.5. The molecule has 1 atom stereocenters. The molecule has 0 spiro atoms. The molecule has 0 aliphatic rings. The third-order valence-electron chi connectivity index (χ3n) is 1.88. The van der Waals surface area contributed by atoms with E-state index in [0.29, 0.717) is 5.56 Å². The van der Waals surface area contributed by atoms with Gasteiger partial charge in [0.05, 0.1) is 0 Å². The molecule has 1 unspecified atom stereocenters. The fraction of sp³-hybridized carbons (Fsp3) is 0.182. The second kappa shape index (κ2) is 4.07. The highest BCUT2D eigenvalue weighted by Gasteiger charge is 2.11. The van der Waals surface area contributed by atoms with Crippen molar-refractivity contribution in [3.8, 4) is 0 Å². The second-order valence-corrected chi connectivity index (χ2v) is 3.35. The van der Waals surface area contributed by atoms with Crippen molar-refractivity contribution in [3.05, 3.63) is 42.5 Å². The number of hydrogen-bond acceptors (Lipinski definition) is 3. The average Bonchev–Trinajstić information content (AvgIpc) is 2.19. The Kier molecular flexibility index (Phi) is 3.04. The third-order valence-corrected chi connectivity index (χ3v) is 1.88. The van der Waals surface area contributed by atoms with Crippen molar-refractivity contribution >= 4 is 12.0 Å². The lowest BCUT2D eigenvalue weighted by molar-refractivity contribution is 0.112. The van der Waals surface area contributed by atoms with Crippen LogP contribution in [0.4, 0.5) is 5.69 Å². The van der Waals surface area contributed by atoms with E-state index >= 15 is 0 Å². The summed E-state index contributed by atoms with van der Waals surface area (Å²) in [7, 11) is 0. The maximum Gasteiger partial charge on any atom is 0.150 e. The molecular formula is C11H14N2O. The van der Waals surface area contributed by atoms with Crippen LogP contribution < -0.4 is 11.1 Å². The lowest BCUT2D eigenvalue weighted by Crippen LogP contribution is -2.42. The number of carbonyl (C=O) groups is 1. The summed E-state index contributed by atoms with van der Waals surface area (Å²) in [6.07, 6.45) is 2.43. The number of aldehydes is 1. The van der Waals surface area contributed by atoms with Crippen molar-refractivity contribution in [3.63, 3.8) is 0 Å². The Hall–Kier alpha value is -1.61. The van der Waals surface area contributed by atoms with E-state index in [0.717, 1.165) is 12.0 Å². The van der Waals surface area contributed by atoms with Crippen LogP contribution in [-0.2, 0) is 0 Å². The fourth-order valence-electron chi connectivity index (χ4n) is 1.01. The summed E-state index contributed by atoms with van der Waals surface area (Å²) in [6, 6.07) is 7.07. The number of carbonyl (C=O) groups excluding carboxylic acids is 1. The predicted octanol–water partition coefficient (Wildman–Crippen LogP) is 1.77. The van der Waals surface area contributed by atoms with Gasteiger partial charge in [0.1, 0.15) is 11.9 Å². The van der Waals surface area contributed by atoms with Gasteiger partial charge in [-0.3, -0.25) is 4.79 Å². The lowest BCUT2D eigenvalue weighted by Gasteiger charge is -2.23. The number of nitrogens with one attached hydrogen (secondary N) is 1. The van der Waals surface area contributed by atoms with E-state index < -0.39 is 5.66 Å². The SMILES string of the molecule is C=CC(C)(N)Nc1ccc(C=O)cc1. The normalized spacial score (nSPS) is 14.1. The standard InChI is InChI=1S/C11H14N2O/c1-3-11(2,12)13-10-6-4-9(8-14)5-7-10/h3-8,13H,1,12H2,2H3. The highest BCUT2D eigenvalue weighted by atomic mass is 16.1. The van der Waals surface area contributed by atoms with Crippen molar-refractivity contribution < 1.29 is 4.79 Å². The van der Waals surface area contributed by atoms with Crippen LogP contribution in [0.15, 0.2) is 36.9 Å². The summed E-state index contributed by atoms with van der Waals surface area (Å²) >= 11 is 0. The van der Waals surface area contributed by atoms with E-state index in [9.17, 15) is 4.79 Å². The van der Waals surface area contributed by atoms with Crippen LogP contribution in [0, 0.1) is 0 Å². The summed E-state index contributed by atoms with van der Waals surface area (Å²) in [4.78, 5) is 10.4. The summed E-state index contributed by atoms with van der Waals surface area (Å²) < 4.78 is 0. The molecule has 0 amide bonds. The van der Waals surface area contributed by atoms with E-state index in [-0.39, 0.29) is 0 Å². The summed E-state index contributed by atoms with van der Waals surface area (Å²) in [5.41, 5.74) is 6.69. The van der Waals surface area contributed by atoms with Crippen LogP contribution in [0.2, 0.25) is 0 Å². The van der Waals surface area contributed by atoms with Crippen molar-refractivity contribution in [2.75, 3.05) is 5.32 Å². The topological polar surface area (TPSA) is 55.1 Å². The Bertz CT molecular complexity index is 328. The van der Waals surface area contributed by atoms with Gasteiger partial charge in [0.15, 0.2) is 0 Å². The average molecular weight is 190 g/mol. The second-order valence-electron chi connectivity index (χ2n) is 3.35. The number of benzene rings is 1. The first-order valence-corrected chi connectivity index (χ1v) is 4.33. The Morgan fingerprint density at radius 2 is 2.00 bits per heavy atom. The van der Waals surface area contributed by atoms with E-state index in [2.05, 4.69) is 11.9 Å². The summed E-state index contributed by atoms with van der Waals surface area (Å²) in [5.74, 6) is 0. The fourth-order valence-corrected chi connectivity index (χ4v) is 1.01. The van der Waals surface area contributed by atoms with Gasteiger partial charge in [-0.25, -0.2) is 0 Å². The quantitative estimate of drug-likeness (QED) is 0.432. The maximum absolute atomic E-state index is 10.4. The molecule has 3 heteroatoms. The monoisotopic (exact) mass is 190 g/mol. The summed E-state index contributed by atoms with van der Waals surface area (Å²) in [6.45, 7) is 5.43. The number of anilines is 1. The highest BCUT2D eigenvalue weighted by Crippen LogP contribution is 2.12. The first-order valence-electron chi connectivity index (χ1n) is 4.33. The lowest BCUT2D eigenvalue weighted by atomic mass is 10.1. The van der Waals surface area contributed by atoms with Crippen molar-refractivity contribution in [2.24, 2.45) is 5.73 Å². The van der Waals surface area contributed by atoms with Crippen molar-refractivity contribution in [1.82, 2.24) is 0 Å². The van der Waals surface area contributed by atoms with E-state index in [1.54, 1.807) is 30.3 Å². The molecule has 14 heavy (non-hydrogen) atoms. The van der Waals surface area contributed by atoms with Crippen LogP contribution in [0.5, 0.6) is 0 Å². The molecule has 1 aromatic carbocycles. The molecule has 0 saturated carbocycles. The van der Waals surface area contributed by atoms with Gasteiger partial charge in [0.25, 0.3) is 0 Å². The smallest absolute Gasteiger partial charge is 0.150 e. The largest absolute Gasteiger partial charge is 0.364 e. The Balaban J connectivity index is 2.78. The van der Waals surface area contributed by atoms with Gasteiger partial charge in [-0.1, -0.05) is 12.7 Å². The zero-order chi connectivity index (χ0) is 10.6. The van der Waals surface area contributed by atoms with E-state index in [4.69, 9.17) is 5.73 Å². The van der Waals surface area contributed by atoms with Crippen LogP contribution in [0.3, 0.4) is 0 Å². The molecule has 0 radical (unpaired) electrons. The number of rotatable bonds is 4. The molecule has 0 aromatic heterocycles. The Morgan fingerprint density at radius 3 is 2.43 bits per heavy atom. The van der Waals surface area contributed by atoms with Crippen molar-refractivity contribution in [2.45, 2.75) is 12.6 Å². The number of nitrogens with two attached hydrogens (primary N) is 1. The zero-order valence-corrected chi connectivity index (χ0v) is 8.16. The molecular weight excluding hydrogens is 176 g/mol. The molecule has 0 aliphatic carbocycles. The molecule has 1 aromatic rings. The molecule has 3 N–H and O–H groups in total. The third kappa shape index (κ3) is 2.71. The van der Waals surface area contributed by atoms with E-state index in [1.165, 1.54) is 0 Å². The minimum Gasteiger partial charge on any atom is -0.364 e. The number of hydrogen-bond donors (Lipinski definition) is 2. The van der Waals surface area contributed by atoms with Crippen LogP contribution in [0.25, 0.3) is 0 Å². The molecule has 74 valence electrons. The molecule has 0 bridgehead atoms. The van der Waals surface area contributed by atoms with Gasteiger partial charge in [0, 0.05) is 11.3 Å². The van der Waals surface area contributed by atoms with Gasteiger partial charge in [-0.2, -0.15) is 0 Å². The Labute approximate surface area is 83.6 Å². The van der Waals surface area contributed by atoms with Crippen LogP contribution in [0.1, 0.15) is 17.3 Å². The van der Waals surface area contributed by atoms with Crippen LogP contribution in [-0.4, -0.2) is 11.9 Å². The molecule has 1 rings (SSSR count). The molecule has 0 aliphatic heterocycles. The predicted molar refractivity (Wildman–Crippen MR) is 58.2 cm³/mol. The minimum absolute atomic E-state index is 0.636. The van der Waals surface area contributed by atoms with Gasteiger partial charge in [-0.05, 0) is 31.2 Å². The maximum atomic E-state index is 10.4. The minimum atomic E-state index is -0.636. The van der Waals surface area contributed by atoms with E-state index in [1.807, 2.05) is 6.92 Å². The van der Waals surface area contributed by atoms with Gasteiger partial charge in [-0.15, -0.1) is 0 Å². The van der Waals surface area contributed by atoms with Crippen molar-refractivity contribution in [1.29, 1.82) is 0 Å². The highest BCUT2D eigenvalue weighted by molar-refractivity contribution is 5.75. The van der Waals surface area contributed by atoms with Gasteiger partial charge >= 0.3 is 0 Å². The van der Waals surface area contributed by atoms with Gasteiger partial charge < -0.3 is 11.1 Å². The van der Waals surface area contributed by atoms with Crippen LogP contribution >= 0.6 is 0 Å². The molecule has 0 saturated heterocycles.